The van der Waals surface area contributed by atoms with Crippen LogP contribution in [0, 0.1) is 6.92 Å². The van der Waals surface area contributed by atoms with Crippen molar-refractivity contribution in [1.82, 2.24) is 0 Å². The Bertz CT molecular complexity index is 2940. The summed E-state index contributed by atoms with van der Waals surface area (Å²) in [6, 6.07) is 74.2. The molecule has 0 radical (unpaired) electrons. The van der Waals surface area contributed by atoms with Gasteiger partial charge in [-0.1, -0.05) is 146 Å². The molecular weight excluding hydrogens is 693 g/mol. The van der Waals surface area contributed by atoms with E-state index < -0.39 is 5.41 Å². The summed E-state index contributed by atoms with van der Waals surface area (Å²) in [5.74, 6) is 1.72. The van der Waals surface area contributed by atoms with Crippen LogP contribution in [0.3, 0.4) is 0 Å². The number of ether oxygens (including phenoxy) is 1. The predicted molar refractivity (Wildman–Crippen MR) is 236 cm³/mol. The summed E-state index contributed by atoms with van der Waals surface area (Å²) >= 11 is 0. The Balaban J connectivity index is 1.18. The number of anilines is 5. The molecule has 1 aliphatic heterocycles. The summed E-state index contributed by atoms with van der Waals surface area (Å²) in [4.78, 5) is 2.39. The summed E-state index contributed by atoms with van der Waals surface area (Å²) < 4.78 is 6.96. The maximum Gasteiger partial charge on any atom is 0.134 e. The van der Waals surface area contributed by atoms with E-state index in [-0.39, 0.29) is 0 Å². The molecule has 9 aromatic rings. The summed E-state index contributed by atoms with van der Waals surface area (Å²) in [7, 11) is 0. The molecule has 3 heteroatoms. The third-order valence-electron chi connectivity index (χ3n) is 11.9. The highest BCUT2D eigenvalue weighted by Gasteiger charge is 2.51. The van der Waals surface area contributed by atoms with Crippen molar-refractivity contribution in [3.63, 3.8) is 0 Å². The van der Waals surface area contributed by atoms with Crippen molar-refractivity contribution in [3.8, 4) is 33.8 Å². The highest BCUT2D eigenvalue weighted by atomic mass is 16.5. The van der Waals surface area contributed by atoms with Gasteiger partial charge in [-0.25, -0.2) is 0 Å². The Morgan fingerprint density at radius 3 is 1.79 bits per heavy atom. The lowest BCUT2D eigenvalue weighted by Crippen LogP contribution is -2.32. The van der Waals surface area contributed by atoms with E-state index in [0.717, 1.165) is 62.2 Å². The van der Waals surface area contributed by atoms with Gasteiger partial charge in [0.15, 0.2) is 0 Å². The molecule has 2 aliphatic rings. The van der Waals surface area contributed by atoms with Crippen LogP contribution < -0.4 is 15.0 Å². The van der Waals surface area contributed by atoms with Gasteiger partial charge in [-0.3, -0.25) is 0 Å². The fourth-order valence-electron chi connectivity index (χ4n) is 9.38. The van der Waals surface area contributed by atoms with E-state index in [1.54, 1.807) is 0 Å². The SMILES string of the molecule is Cc1c(-c2cc3c(cc2Nc2ccccc2)Oc2ccccc2C32c3ccccc3-c3ccccc32)cccc1N(c1ccccc1)c1ccc2ccccc2c1. The van der Waals surface area contributed by atoms with Gasteiger partial charge >= 0.3 is 0 Å². The van der Waals surface area contributed by atoms with Crippen molar-refractivity contribution < 1.29 is 4.74 Å². The first-order valence-corrected chi connectivity index (χ1v) is 19.6. The number of hydrogen-bond acceptors (Lipinski definition) is 3. The van der Waals surface area contributed by atoms with Crippen LogP contribution in [0.2, 0.25) is 0 Å². The summed E-state index contributed by atoms with van der Waals surface area (Å²) in [5, 5.41) is 6.25. The lowest BCUT2D eigenvalue weighted by molar-refractivity contribution is 0.437. The Morgan fingerprint density at radius 2 is 1.04 bits per heavy atom. The van der Waals surface area contributed by atoms with Crippen LogP contribution in [0.1, 0.15) is 27.8 Å². The lowest BCUT2D eigenvalue weighted by atomic mass is 9.65. The van der Waals surface area contributed by atoms with E-state index in [0.29, 0.717) is 0 Å². The summed E-state index contributed by atoms with van der Waals surface area (Å²) in [6.45, 7) is 2.26. The molecule has 0 aromatic heterocycles. The van der Waals surface area contributed by atoms with E-state index >= 15 is 0 Å². The molecule has 0 bridgehead atoms. The fourth-order valence-corrected chi connectivity index (χ4v) is 9.38. The number of para-hydroxylation sites is 3. The van der Waals surface area contributed by atoms with E-state index in [4.69, 9.17) is 4.74 Å². The van der Waals surface area contributed by atoms with Crippen LogP contribution in [-0.4, -0.2) is 0 Å². The summed E-state index contributed by atoms with van der Waals surface area (Å²) in [5.41, 5.74) is 15.5. The molecular formula is C54H38N2O. The molecule has 270 valence electrons. The molecule has 0 saturated heterocycles. The van der Waals surface area contributed by atoms with E-state index in [1.165, 1.54) is 38.6 Å². The Morgan fingerprint density at radius 1 is 0.421 bits per heavy atom. The third kappa shape index (κ3) is 5.13. The quantitative estimate of drug-likeness (QED) is 0.184. The Hall–Kier alpha value is -7.36. The first-order chi connectivity index (χ1) is 28.2. The molecule has 0 atom stereocenters. The van der Waals surface area contributed by atoms with Crippen molar-refractivity contribution in [2.45, 2.75) is 12.3 Å². The van der Waals surface area contributed by atoms with Gasteiger partial charge < -0.3 is 15.0 Å². The normalized spacial score (nSPS) is 12.9. The molecule has 9 aromatic carbocycles. The minimum absolute atomic E-state index is 0.579. The molecule has 3 nitrogen and oxygen atoms in total. The summed E-state index contributed by atoms with van der Waals surface area (Å²) in [6.07, 6.45) is 0. The third-order valence-corrected chi connectivity index (χ3v) is 11.9. The van der Waals surface area contributed by atoms with E-state index in [1.807, 2.05) is 0 Å². The molecule has 1 N–H and O–H groups in total. The van der Waals surface area contributed by atoms with Gasteiger partial charge in [0.25, 0.3) is 0 Å². The van der Waals surface area contributed by atoms with Crippen molar-refractivity contribution in [3.05, 3.63) is 234 Å². The lowest BCUT2D eigenvalue weighted by Gasteiger charge is -2.40. The van der Waals surface area contributed by atoms with Crippen molar-refractivity contribution in [2.24, 2.45) is 0 Å². The molecule has 1 spiro atoms. The molecule has 1 aliphatic carbocycles. The highest BCUT2D eigenvalue weighted by Crippen LogP contribution is 2.63. The molecule has 1 heterocycles. The van der Waals surface area contributed by atoms with Gasteiger partial charge in [0.2, 0.25) is 0 Å². The van der Waals surface area contributed by atoms with Crippen LogP contribution >= 0.6 is 0 Å². The number of rotatable bonds is 6. The van der Waals surface area contributed by atoms with Gasteiger partial charge in [0.1, 0.15) is 11.5 Å². The minimum Gasteiger partial charge on any atom is -0.457 e. The second-order valence-electron chi connectivity index (χ2n) is 15.0. The first kappa shape index (κ1) is 33.0. The smallest absolute Gasteiger partial charge is 0.134 e. The topological polar surface area (TPSA) is 24.5 Å². The van der Waals surface area contributed by atoms with Gasteiger partial charge in [-0.15, -0.1) is 0 Å². The second kappa shape index (κ2) is 13.1. The molecule has 0 amide bonds. The van der Waals surface area contributed by atoms with Gasteiger partial charge in [-0.05, 0) is 106 Å². The average molecular weight is 731 g/mol. The monoisotopic (exact) mass is 730 g/mol. The van der Waals surface area contributed by atoms with Crippen molar-refractivity contribution >= 4 is 39.2 Å². The second-order valence-corrected chi connectivity index (χ2v) is 15.0. The van der Waals surface area contributed by atoms with Crippen LogP contribution in [0.15, 0.2) is 206 Å². The van der Waals surface area contributed by atoms with Crippen LogP contribution in [0.5, 0.6) is 11.5 Å². The number of nitrogens with zero attached hydrogens (tertiary/aromatic N) is 1. The predicted octanol–water partition coefficient (Wildman–Crippen LogP) is 14.5. The van der Waals surface area contributed by atoms with Gasteiger partial charge in [0, 0.05) is 45.5 Å². The van der Waals surface area contributed by atoms with Crippen molar-refractivity contribution in [1.29, 1.82) is 0 Å². The zero-order valence-corrected chi connectivity index (χ0v) is 31.5. The van der Waals surface area contributed by atoms with Gasteiger partial charge in [0.05, 0.1) is 11.1 Å². The van der Waals surface area contributed by atoms with Crippen LogP contribution in [0.4, 0.5) is 28.4 Å². The van der Waals surface area contributed by atoms with E-state index in [9.17, 15) is 0 Å². The van der Waals surface area contributed by atoms with E-state index in [2.05, 4.69) is 223 Å². The minimum atomic E-state index is -0.579. The Labute approximate surface area is 333 Å². The molecule has 11 rings (SSSR count). The molecule has 0 unspecified atom stereocenters. The highest BCUT2D eigenvalue weighted by molar-refractivity contribution is 5.95. The molecule has 0 fully saturated rings. The first-order valence-electron chi connectivity index (χ1n) is 19.6. The maximum atomic E-state index is 6.96. The zero-order chi connectivity index (χ0) is 37.9. The molecule has 57 heavy (non-hydrogen) atoms. The van der Waals surface area contributed by atoms with Gasteiger partial charge in [-0.2, -0.15) is 0 Å². The number of hydrogen-bond donors (Lipinski definition) is 1. The molecule has 0 saturated carbocycles. The van der Waals surface area contributed by atoms with Crippen LogP contribution in [-0.2, 0) is 5.41 Å². The van der Waals surface area contributed by atoms with Crippen molar-refractivity contribution in [2.75, 3.05) is 10.2 Å². The maximum absolute atomic E-state index is 6.96. The zero-order valence-electron chi connectivity index (χ0n) is 31.5. The largest absolute Gasteiger partial charge is 0.457 e. The fraction of sp³-hybridized carbons (Fsp3) is 0.0370. The van der Waals surface area contributed by atoms with Crippen LogP contribution in [0.25, 0.3) is 33.0 Å². The standard InChI is InChI=1S/C54H38N2O/c1-36-42(25-16-29-51(36)56(40-21-6-3-7-22-40)41-32-31-37-17-8-9-18-38(37)33-41)45-34-49-53(35-50(45)55-39-19-4-2-5-20-39)57-52-30-15-14-28-48(52)54(49)46-26-12-10-23-43(46)44-24-11-13-27-47(44)54/h2-35,55H,1H3. The Kier molecular flexibility index (Phi) is 7.61. The average Bonchev–Trinajstić information content (AvgIpc) is 3.56. The number of nitrogens with one attached hydrogen (secondary N) is 1. The number of benzene rings is 9. The number of fused-ring (bicyclic) bond motifs is 10.